The third kappa shape index (κ3) is 3.25. The van der Waals surface area contributed by atoms with Crippen molar-refractivity contribution in [1.29, 1.82) is 10.7 Å². The maximum Gasteiger partial charge on any atom is 0.139 e. The summed E-state index contributed by atoms with van der Waals surface area (Å²) in [5.74, 6) is 0.513. The molecule has 104 valence electrons. The van der Waals surface area contributed by atoms with Gasteiger partial charge in [0.1, 0.15) is 17.4 Å². The minimum absolute atomic E-state index is 0.192. The Hall–Kier alpha value is -1.26. The molecule has 0 amide bonds. The summed E-state index contributed by atoms with van der Waals surface area (Å²) < 4.78 is 6.46. The molecule has 0 radical (unpaired) electrons. The Balaban J connectivity index is 2.59. The number of hydrogen-bond acceptors (Lipinski definition) is 4. The molecular formula is C14H13ClIN3O. The summed E-state index contributed by atoms with van der Waals surface area (Å²) in [5, 5.41) is 20.3. The number of allylic oxidation sites excluding steroid dienone is 1. The summed E-state index contributed by atoms with van der Waals surface area (Å²) in [6, 6.07) is 5.57. The average molecular weight is 402 g/mol. The summed E-state index contributed by atoms with van der Waals surface area (Å²) in [6.45, 7) is 0. The molecule has 4 nitrogen and oxygen atoms in total. The highest BCUT2D eigenvalue weighted by Crippen LogP contribution is 2.35. The van der Waals surface area contributed by atoms with Gasteiger partial charge in [0.25, 0.3) is 0 Å². The van der Waals surface area contributed by atoms with E-state index in [1.807, 2.05) is 22.6 Å². The van der Waals surface area contributed by atoms with Gasteiger partial charge in [-0.15, -0.1) is 0 Å². The minimum atomic E-state index is 0.192. The van der Waals surface area contributed by atoms with Gasteiger partial charge in [0, 0.05) is 29.9 Å². The van der Waals surface area contributed by atoms with E-state index in [4.69, 9.17) is 21.7 Å². The van der Waals surface area contributed by atoms with Crippen molar-refractivity contribution in [2.24, 2.45) is 0 Å². The fraction of sp³-hybridized carbons (Fsp3) is 0.286. The highest BCUT2D eigenvalue weighted by Gasteiger charge is 2.26. The Labute approximate surface area is 136 Å². The van der Waals surface area contributed by atoms with Crippen LogP contribution >= 0.6 is 34.2 Å². The molecule has 0 aliphatic heterocycles. The van der Waals surface area contributed by atoms with Crippen LogP contribution in [0.4, 0.5) is 0 Å². The summed E-state index contributed by atoms with van der Waals surface area (Å²) in [5.41, 5.74) is 1.80. The molecule has 0 saturated heterocycles. The second kappa shape index (κ2) is 6.46. The average Bonchev–Trinajstić information content (AvgIpc) is 3.23. The number of nitrogens with one attached hydrogen (secondary N) is 2. The SMILES string of the molecule is CN/C(=C(/I)C=N)c1cc(Cl)cc(OC2CC2)c1C#N. The number of nitrogens with zero attached hydrogens (tertiary/aromatic N) is 1. The van der Waals surface area contributed by atoms with Crippen LogP contribution in [0.3, 0.4) is 0 Å². The van der Waals surface area contributed by atoms with Crippen molar-refractivity contribution in [2.45, 2.75) is 18.9 Å². The second-order valence-electron chi connectivity index (χ2n) is 4.37. The number of rotatable bonds is 5. The number of nitriles is 1. The zero-order valence-electron chi connectivity index (χ0n) is 10.8. The van der Waals surface area contributed by atoms with E-state index in [0.717, 1.165) is 12.8 Å². The molecule has 1 aromatic rings. The van der Waals surface area contributed by atoms with E-state index >= 15 is 0 Å². The number of ether oxygens (including phenoxy) is 1. The van der Waals surface area contributed by atoms with Gasteiger partial charge in [-0.05, 0) is 41.5 Å². The lowest BCUT2D eigenvalue weighted by atomic mass is 10.0. The molecule has 0 heterocycles. The van der Waals surface area contributed by atoms with Crippen molar-refractivity contribution in [1.82, 2.24) is 5.32 Å². The Bertz CT molecular complexity index is 618. The second-order valence-corrected chi connectivity index (χ2v) is 5.97. The third-order valence-corrected chi connectivity index (χ3v) is 3.95. The molecule has 2 rings (SSSR count). The zero-order chi connectivity index (χ0) is 14.7. The first kappa shape index (κ1) is 15.1. The van der Waals surface area contributed by atoms with Gasteiger partial charge < -0.3 is 15.5 Å². The van der Waals surface area contributed by atoms with Gasteiger partial charge in [-0.25, -0.2) is 0 Å². The first-order chi connectivity index (χ1) is 9.60. The highest BCUT2D eigenvalue weighted by atomic mass is 127. The van der Waals surface area contributed by atoms with E-state index in [0.29, 0.717) is 31.2 Å². The molecule has 2 N–H and O–H groups in total. The predicted octanol–water partition coefficient (Wildman–Crippen LogP) is 3.73. The third-order valence-electron chi connectivity index (χ3n) is 2.88. The van der Waals surface area contributed by atoms with Crippen molar-refractivity contribution in [3.8, 4) is 11.8 Å². The molecule has 20 heavy (non-hydrogen) atoms. The lowest BCUT2D eigenvalue weighted by Gasteiger charge is -2.15. The highest BCUT2D eigenvalue weighted by molar-refractivity contribution is 14.1. The van der Waals surface area contributed by atoms with Gasteiger partial charge in [0.2, 0.25) is 0 Å². The van der Waals surface area contributed by atoms with Gasteiger partial charge in [-0.1, -0.05) is 11.6 Å². The van der Waals surface area contributed by atoms with Crippen molar-refractivity contribution in [2.75, 3.05) is 7.05 Å². The lowest BCUT2D eigenvalue weighted by Crippen LogP contribution is -2.10. The van der Waals surface area contributed by atoms with Crippen LogP contribution in [0.2, 0.25) is 5.02 Å². The molecule has 0 spiro atoms. The molecule has 0 unspecified atom stereocenters. The molecule has 0 aromatic heterocycles. The Morgan fingerprint density at radius 2 is 2.30 bits per heavy atom. The van der Waals surface area contributed by atoms with Crippen LogP contribution in [-0.4, -0.2) is 19.4 Å². The molecule has 1 fully saturated rings. The summed E-state index contributed by atoms with van der Waals surface area (Å²) in [4.78, 5) is 0. The zero-order valence-corrected chi connectivity index (χ0v) is 13.7. The fourth-order valence-corrected chi connectivity index (χ4v) is 2.58. The summed E-state index contributed by atoms with van der Waals surface area (Å²) >= 11 is 8.18. The van der Waals surface area contributed by atoms with Crippen LogP contribution in [-0.2, 0) is 0 Å². The van der Waals surface area contributed by atoms with E-state index in [2.05, 4.69) is 11.4 Å². The molecule has 0 atom stereocenters. The minimum Gasteiger partial charge on any atom is -0.489 e. The number of halogens is 2. The molecule has 0 bridgehead atoms. The summed E-state index contributed by atoms with van der Waals surface area (Å²) in [6.07, 6.45) is 3.45. The van der Waals surface area contributed by atoms with Crippen LogP contribution in [0, 0.1) is 16.7 Å². The number of benzene rings is 1. The van der Waals surface area contributed by atoms with Crippen LogP contribution < -0.4 is 10.1 Å². The van der Waals surface area contributed by atoms with E-state index in [1.54, 1.807) is 19.2 Å². The van der Waals surface area contributed by atoms with Crippen LogP contribution in [0.25, 0.3) is 5.70 Å². The van der Waals surface area contributed by atoms with Crippen molar-refractivity contribution in [3.63, 3.8) is 0 Å². The van der Waals surface area contributed by atoms with Crippen LogP contribution in [0.5, 0.6) is 5.75 Å². The van der Waals surface area contributed by atoms with Crippen molar-refractivity contribution >= 4 is 46.1 Å². The van der Waals surface area contributed by atoms with Crippen LogP contribution in [0.15, 0.2) is 15.7 Å². The first-order valence-electron chi connectivity index (χ1n) is 6.09. The molecule has 1 aromatic carbocycles. The quantitative estimate of drug-likeness (QED) is 0.583. The van der Waals surface area contributed by atoms with Crippen molar-refractivity contribution in [3.05, 3.63) is 31.9 Å². The van der Waals surface area contributed by atoms with E-state index in [-0.39, 0.29) is 6.10 Å². The molecule has 1 saturated carbocycles. The molecule has 6 heteroatoms. The summed E-state index contributed by atoms with van der Waals surface area (Å²) in [7, 11) is 1.75. The first-order valence-corrected chi connectivity index (χ1v) is 7.55. The Kier molecular flexibility index (Phi) is 4.89. The van der Waals surface area contributed by atoms with E-state index < -0.39 is 0 Å². The van der Waals surface area contributed by atoms with Gasteiger partial charge in [0.15, 0.2) is 0 Å². The maximum atomic E-state index is 9.44. The van der Waals surface area contributed by atoms with E-state index in [1.165, 1.54) is 6.21 Å². The molecule has 1 aliphatic carbocycles. The monoisotopic (exact) mass is 401 g/mol. The van der Waals surface area contributed by atoms with Crippen LogP contribution in [0.1, 0.15) is 24.0 Å². The topological polar surface area (TPSA) is 68.9 Å². The maximum absolute atomic E-state index is 9.44. The lowest BCUT2D eigenvalue weighted by molar-refractivity contribution is 0.302. The fourth-order valence-electron chi connectivity index (χ4n) is 1.81. The molecular weight excluding hydrogens is 389 g/mol. The molecule has 1 aliphatic rings. The predicted molar refractivity (Wildman–Crippen MR) is 88.6 cm³/mol. The largest absolute Gasteiger partial charge is 0.489 e. The number of hydrogen-bond donors (Lipinski definition) is 2. The van der Waals surface area contributed by atoms with Gasteiger partial charge in [-0.3, -0.25) is 0 Å². The Morgan fingerprint density at radius 3 is 2.80 bits per heavy atom. The van der Waals surface area contributed by atoms with Gasteiger partial charge in [-0.2, -0.15) is 5.26 Å². The van der Waals surface area contributed by atoms with Crippen molar-refractivity contribution < 1.29 is 4.74 Å². The standard InChI is InChI=1S/C14H13ClIN3O/c1-19-14(12(16)7-18)10-4-8(15)5-13(11(10)6-17)20-9-2-3-9/h4-5,7,9,18-19H,2-3H2,1H3/b14-12+,18-7?. The Morgan fingerprint density at radius 1 is 1.60 bits per heavy atom. The van der Waals surface area contributed by atoms with Gasteiger partial charge >= 0.3 is 0 Å². The van der Waals surface area contributed by atoms with E-state index in [9.17, 15) is 5.26 Å². The van der Waals surface area contributed by atoms with Gasteiger partial charge in [0.05, 0.1) is 15.4 Å². The normalized spacial score (nSPS) is 15.1. The smallest absolute Gasteiger partial charge is 0.139 e.